The Kier molecular flexibility index (Phi) is 5.75. The van der Waals surface area contributed by atoms with Gasteiger partial charge < -0.3 is 14.2 Å². The number of carbonyl (C=O) groups excluding carboxylic acids is 1. The maximum absolute atomic E-state index is 12.5. The molecule has 6 nitrogen and oxygen atoms in total. The maximum atomic E-state index is 12.5. The quantitative estimate of drug-likeness (QED) is 0.431. The molecule has 0 saturated carbocycles. The van der Waals surface area contributed by atoms with Crippen LogP contribution in [0.4, 0.5) is 0 Å². The van der Waals surface area contributed by atoms with Gasteiger partial charge in [-0.3, -0.25) is 4.79 Å². The highest BCUT2D eigenvalue weighted by molar-refractivity contribution is 8.26. The lowest BCUT2D eigenvalue weighted by molar-refractivity contribution is -0.115. The third kappa shape index (κ3) is 4.62. The van der Waals surface area contributed by atoms with Crippen LogP contribution in [0.2, 0.25) is 5.02 Å². The first-order chi connectivity index (χ1) is 12.8. The normalized spacial score (nSPS) is 15.7. The average molecular weight is 442 g/mol. The topological polar surface area (TPSA) is 81.7 Å². The lowest BCUT2D eigenvalue weighted by Crippen LogP contribution is -2.17. The molecule has 1 N–H and O–H groups in total. The lowest BCUT2D eigenvalue weighted by Gasteiger charge is -2.11. The maximum Gasteiger partial charge on any atom is 0.339 e. The van der Waals surface area contributed by atoms with Gasteiger partial charge in [0.05, 0.1) is 12.0 Å². The molecule has 1 heterocycles. The second-order valence-corrected chi connectivity index (χ2v) is 8.96. The number of hydrogen-bond donors (Lipinski definition) is 1. The first-order valence-electron chi connectivity index (χ1n) is 7.41. The highest BCUT2D eigenvalue weighted by Crippen LogP contribution is 2.33. The van der Waals surface area contributed by atoms with Crippen LogP contribution in [0, 0.1) is 0 Å². The van der Waals surface area contributed by atoms with Crippen LogP contribution < -0.4 is 14.2 Å². The van der Waals surface area contributed by atoms with Gasteiger partial charge >= 0.3 is 10.1 Å². The number of nitrogens with one attached hydrogen (secondary N) is 1. The van der Waals surface area contributed by atoms with Crippen LogP contribution in [0.25, 0.3) is 6.08 Å². The van der Waals surface area contributed by atoms with Gasteiger partial charge in [-0.05, 0) is 48.0 Å². The van der Waals surface area contributed by atoms with Crippen LogP contribution in [0.5, 0.6) is 11.5 Å². The summed E-state index contributed by atoms with van der Waals surface area (Å²) in [5.74, 6) is -0.0846. The van der Waals surface area contributed by atoms with Gasteiger partial charge in [0, 0.05) is 5.02 Å². The molecule has 140 valence electrons. The van der Waals surface area contributed by atoms with Crippen molar-refractivity contribution in [1.82, 2.24) is 5.32 Å². The number of halogens is 1. The number of ether oxygens (including phenoxy) is 1. The fourth-order valence-corrected chi connectivity index (χ4v) is 4.29. The molecule has 0 radical (unpaired) electrons. The molecule has 0 aliphatic carbocycles. The molecule has 0 unspecified atom stereocenters. The highest BCUT2D eigenvalue weighted by atomic mass is 35.5. The number of methoxy groups -OCH3 is 1. The van der Waals surface area contributed by atoms with Gasteiger partial charge in [-0.1, -0.05) is 41.6 Å². The Morgan fingerprint density at radius 2 is 1.85 bits per heavy atom. The Balaban J connectivity index is 1.94. The van der Waals surface area contributed by atoms with Gasteiger partial charge in [-0.2, -0.15) is 8.42 Å². The van der Waals surface area contributed by atoms with Crippen LogP contribution in [0.15, 0.2) is 52.3 Å². The minimum atomic E-state index is -4.09. The average Bonchev–Trinajstić information content (AvgIpc) is 2.92. The monoisotopic (exact) mass is 441 g/mol. The summed E-state index contributed by atoms with van der Waals surface area (Å²) >= 11 is 11.9. The molecule has 1 saturated heterocycles. The first kappa shape index (κ1) is 19.7. The van der Waals surface area contributed by atoms with Crippen LogP contribution >= 0.6 is 35.6 Å². The molecule has 2 aromatic carbocycles. The van der Waals surface area contributed by atoms with E-state index in [1.165, 1.54) is 37.4 Å². The molecule has 1 aliphatic heterocycles. The molecule has 0 spiro atoms. The second kappa shape index (κ2) is 7.89. The summed E-state index contributed by atoms with van der Waals surface area (Å²) < 4.78 is 35.8. The van der Waals surface area contributed by atoms with E-state index in [2.05, 4.69) is 5.32 Å². The Bertz CT molecular complexity index is 1050. The Hall–Kier alpha value is -2.07. The third-order valence-corrected chi connectivity index (χ3v) is 6.09. The number of rotatable bonds is 5. The molecular weight excluding hydrogens is 430 g/mol. The van der Waals surface area contributed by atoms with Crippen molar-refractivity contribution in [2.24, 2.45) is 0 Å². The zero-order valence-electron chi connectivity index (χ0n) is 13.8. The summed E-state index contributed by atoms with van der Waals surface area (Å²) in [4.78, 5) is 12.1. The van der Waals surface area contributed by atoms with Crippen molar-refractivity contribution in [1.29, 1.82) is 0 Å². The molecule has 1 fully saturated rings. The van der Waals surface area contributed by atoms with E-state index in [1.807, 2.05) is 0 Å². The van der Waals surface area contributed by atoms with Crippen LogP contribution in [0.1, 0.15) is 5.56 Å². The summed E-state index contributed by atoms with van der Waals surface area (Å²) in [6.07, 6.45) is 1.58. The van der Waals surface area contributed by atoms with Crippen molar-refractivity contribution < 1.29 is 22.1 Å². The molecule has 1 amide bonds. The van der Waals surface area contributed by atoms with Gasteiger partial charge in [-0.15, -0.1) is 0 Å². The molecule has 10 heteroatoms. The van der Waals surface area contributed by atoms with Crippen molar-refractivity contribution >= 4 is 62.0 Å². The van der Waals surface area contributed by atoms with Crippen LogP contribution in [0.3, 0.4) is 0 Å². The molecule has 27 heavy (non-hydrogen) atoms. The van der Waals surface area contributed by atoms with Gasteiger partial charge in [0.1, 0.15) is 9.22 Å². The molecular formula is C17H12ClNO5S3. The van der Waals surface area contributed by atoms with Crippen molar-refractivity contribution in [3.8, 4) is 11.5 Å². The van der Waals surface area contributed by atoms with E-state index in [1.54, 1.807) is 18.2 Å². The van der Waals surface area contributed by atoms with Gasteiger partial charge in [-0.25, -0.2) is 0 Å². The zero-order valence-corrected chi connectivity index (χ0v) is 17.0. The molecule has 3 rings (SSSR count). The van der Waals surface area contributed by atoms with E-state index in [0.717, 1.165) is 11.8 Å². The van der Waals surface area contributed by atoms with E-state index in [4.69, 9.17) is 32.7 Å². The third-order valence-electron chi connectivity index (χ3n) is 3.43. The van der Waals surface area contributed by atoms with Gasteiger partial charge in [0.15, 0.2) is 11.5 Å². The Morgan fingerprint density at radius 1 is 1.15 bits per heavy atom. The van der Waals surface area contributed by atoms with Crippen molar-refractivity contribution in [3.05, 3.63) is 58.0 Å². The number of benzene rings is 2. The van der Waals surface area contributed by atoms with E-state index >= 15 is 0 Å². The minimum absolute atomic E-state index is 0.00668. The van der Waals surface area contributed by atoms with Crippen molar-refractivity contribution in [2.45, 2.75) is 4.90 Å². The highest BCUT2D eigenvalue weighted by Gasteiger charge is 2.23. The molecule has 0 atom stereocenters. The fourth-order valence-electron chi connectivity index (χ4n) is 2.19. The Labute approximate surface area is 170 Å². The zero-order chi connectivity index (χ0) is 19.6. The minimum Gasteiger partial charge on any atom is -0.493 e. The van der Waals surface area contributed by atoms with Crippen molar-refractivity contribution in [3.63, 3.8) is 0 Å². The Morgan fingerprint density at radius 3 is 2.44 bits per heavy atom. The molecule has 0 aromatic heterocycles. The van der Waals surface area contributed by atoms with E-state index in [9.17, 15) is 13.2 Å². The number of thiocarbonyl (C=S) groups is 1. The first-order valence-corrected chi connectivity index (χ1v) is 10.4. The number of carbonyl (C=O) groups is 1. The van der Waals surface area contributed by atoms with Gasteiger partial charge in [0.2, 0.25) is 0 Å². The van der Waals surface area contributed by atoms with Crippen molar-refractivity contribution in [2.75, 3.05) is 7.11 Å². The largest absolute Gasteiger partial charge is 0.493 e. The van der Waals surface area contributed by atoms with E-state index in [0.29, 0.717) is 19.8 Å². The standard InChI is InChI=1S/C17H12ClNO5S3/c1-23-13-7-2-10(9-15-16(20)19-17(25)26-15)8-14(13)24-27(21,22)12-5-3-11(18)4-6-12/h2-9H,1H3,(H,19,20,25)/b15-9-. The van der Waals surface area contributed by atoms with Crippen LogP contribution in [-0.2, 0) is 14.9 Å². The molecule has 0 bridgehead atoms. The van der Waals surface area contributed by atoms with E-state index < -0.39 is 10.1 Å². The SMILES string of the molecule is COc1ccc(/C=C2\SC(=S)NC2=O)cc1OS(=O)(=O)c1ccc(Cl)cc1. The second-order valence-electron chi connectivity index (χ2n) is 5.25. The summed E-state index contributed by atoms with van der Waals surface area (Å²) in [7, 11) is -2.69. The predicted octanol–water partition coefficient (Wildman–Crippen LogP) is 3.61. The summed E-state index contributed by atoms with van der Waals surface area (Å²) in [5, 5.41) is 2.92. The predicted molar refractivity (Wildman–Crippen MR) is 109 cm³/mol. The smallest absolute Gasteiger partial charge is 0.339 e. The molecule has 2 aromatic rings. The number of amides is 1. The summed E-state index contributed by atoms with van der Waals surface area (Å²) in [6.45, 7) is 0. The van der Waals surface area contributed by atoms with Gasteiger partial charge in [0.25, 0.3) is 5.91 Å². The number of hydrogen-bond acceptors (Lipinski definition) is 7. The number of thioether (sulfide) groups is 1. The fraction of sp³-hybridized carbons (Fsp3) is 0.0588. The summed E-state index contributed by atoms with van der Waals surface area (Å²) in [5.41, 5.74) is 0.555. The van der Waals surface area contributed by atoms with Crippen LogP contribution in [-0.4, -0.2) is 25.8 Å². The lowest BCUT2D eigenvalue weighted by atomic mass is 10.2. The van der Waals surface area contributed by atoms with E-state index in [-0.39, 0.29) is 22.3 Å². The summed E-state index contributed by atoms with van der Waals surface area (Å²) in [6, 6.07) is 10.3. The molecule has 1 aliphatic rings.